The molecule has 0 N–H and O–H groups in total. The molecule has 0 radical (unpaired) electrons. The molecule has 2 heterocycles. The summed E-state index contributed by atoms with van der Waals surface area (Å²) in [5, 5.41) is 0. The molecule has 2 aliphatic rings. The number of ether oxygens (including phenoxy) is 4. The topological polar surface area (TPSA) is 79.8 Å². The molecule has 1 fully saturated rings. The first kappa shape index (κ1) is 22.3. The molecule has 1 saturated carbocycles. The zero-order valence-electron chi connectivity index (χ0n) is 19.0. The second-order valence-corrected chi connectivity index (χ2v) is 7.88. The number of hydrogen-bond acceptors (Lipinski definition) is 7. The van der Waals surface area contributed by atoms with Gasteiger partial charge in [0, 0.05) is 24.1 Å². The predicted octanol–water partition coefficient (Wildman–Crippen LogP) is 4.33. The Kier molecular flexibility index (Phi) is 7.05. The van der Waals surface area contributed by atoms with E-state index >= 15 is 0 Å². The minimum absolute atomic E-state index is 0.278. The number of hydrogen-bond donors (Lipinski definition) is 0. The minimum atomic E-state index is -0.466. The maximum absolute atomic E-state index is 12.5. The van der Waals surface area contributed by atoms with Gasteiger partial charge in [-0.1, -0.05) is 12.1 Å². The lowest BCUT2D eigenvalue weighted by Gasteiger charge is -2.22. The number of rotatable bonds is 9. The number of aromatic nitrogens is 2. The van der Waals surface area contributed by atoms with Crippen LogP contribution in [0.4, 0.5) is 0 Å². The van der Waals surface area contributed by atoms with Crippen LogP contribution in [-0.2, 0) is 15.9 Å². The summed E-state index contributed by atoms with van der Waals surface area (Å²) in [5.41, 5.74) is 4.75. The smallest absolute Gasteiger partial charge is 0.358 e. The van der Waals surface area contributed by atoms with Crippen molar-refractivity contribution in [1.29, 1.82) is 0 Å². The van der Waals surface area contributed by atoms with Crippen molar-refractivity contribution in [2.45, 2.75) is 45.4 Å². The summed E-state index contributed by atoms with van der Waals surface area (Å²) in [4.78, 5) is 21.7. The van der Waals surface area contributed by atoms with Crippen LogP contribution in [-0.4, -0.2) is 49.5 Å². The third kappa shape index (κ3) is 4.78. The molecule has 7 nitrogen and oxygen atoms in total. The third-order valence-corrected chi connectivity index (χ3v) is 5.67. The molecule has 170 valence electrons. The van der Waals surface area contributed by atoms with E-state index in [2.05, 4.69) is 16.0 Å². The van der Waals surface area contributed by atoms with Crippen molar-refractivity contribution >= 4 is 11.5 Å². The third-order valence-electron chi connectivity index (χ3n) is 5.67. The van der Waals surface area contributed by atoms with E-state index < -0.39 is 5.97 Å². The lowest BCUT2D eigenvalue weighted by molar-refractivity contribution is 0.0591. The molecule has 0 amide bonds. The van der Waals surface area contributed by atoms with Crippen molar-refractivity contribution in [3.05, 3.63) is 52.6 Å². The van der Waals surface area contributed by atoms with E-state index in [-0.39, 0.29) is 5.69 Å². The van der Waals surface area contributed by atoms with Gasteiger partial charge in [-0.3, -0.25) is 4.98 Å². The first-order chi connectivity index (χ1) is 15.7. The predicted molar refractivity (Wildman–Crippen MR) is 120 cm³/mol. The maximum Gasteiger partial charge on any atom is 0.358 e. The summed E-state index contributed by atoms with van der Waals surface area (Å²) >= 11 is 0. The van der Waals surface area contributed by atoms with Crippen LogP contribution < -0.4 is 9.47 Å². The van der Waals surface area contributed by atoms with Crippen molar-refractivity contribution < 1.29 is 23.7 Å². The van der Waals surface area contributed by atoms with Crippen LogP contribution in [0.5, 0.6) is 11.5 Å². The molecule has 2 aromatic rings. The van der Waals surface area contributed by atoms with Crippen LogP contribution in [0.15, 0.2) is 24.4 Å². The van der Waals surface area contributed by atoms with Crippen molar-refractivity contribution in [3.8, 4) is 11.5 Å². The number of nitrogens with zero attached hydrogens (tertiary/aromatic N) is 2. The molecule has 1 aliphatic carbocycles. The second-order valence-electron chi connectivity index (χ2n) is 7.88. The van der Waals surface area contributed by atoms with E-state index in [9.17, 15) is 4.79 Å². The van der Waals surface area contributed by atoms with Gasteiger partial charge >= 0.3 is 5.97 Å². The summed E-state index contributed by atoms with van der Waals surface area (Å²) in [7, 11) is 1.37. The fourth-order valence-electron chi connectivity index (χ4n) is 3.96. The van der Waals surface area contributed by atoms with E-state index in [0.29, 0.717) is 44.5 Å². The van der Waals surface area contributed by atoms with E-state index in [1.165, 1.54) is 7.11 Å². The standard InChI is InChI=1S/C25H30N2O5/c1-4-31-21-9-8-18(24(32-5-2)22(21)17-10-12-30-13-11-17)14-19-23(25(28)29-3)27-20(15-26-19)16-6-7-16/h8-10,15-16H,4-7,11-14H2,1-3H3. The van der Waals surface area contributed by atoms with Gasteiger partial charge in [0.2, 0.25) is 0 Å². The highest BCUT2D eigenvalue weighted by molar-refractivity contribution is 5.88. The molecule has 0 saturated heterocycles. The Balaban J connectivity index is 1.78. The monoisotopic (exact) mass is 438 g/mol. The Hall–Kier alpha value is -2.93. The van der Waals surface area contributed by atoms with Crippen molar-refractivity contribution in [1.82, 2.24) is 9.97 Å². The van der Waals surface area contributed by atoms with Gasteiger partial charge in [0.15, 0.2) is 5.69 Å². The van der Waals surface area contributed by atoms with Crippen molar-refractivity contribution in [2.75, 3.05) is 33.5 Å². The fraction of sp³-hybridized carbons (Fsp3) is 0.480. The SMILES string of the molecule is CCOc1ccc(Cc2ncc(C3CC3)nc2C(=O)OC)c(OCC)c1C1=CCOCC1. The zero-order chi connectivity index (χ0) is 22.5. The number of carbonyl (C=O) groups excluding carboxylic acids is 1. The highest BCUT2D eigenvalue weighted by Crippen LogP contribution is 2.42. The molecular formula is C25H30N2O5. The van der Waals surface area contributed by atoms with Crippen LogP contribution in [0.25, 0.3) is 5.57 Å². The van der Waals surface area contributed by atoms with Crippen molar-refractivity contribution in [2.24, 2.45) is 0 Å². The Bertz CT molecular complexity index is 1010. The molecule has 4 rings (SSSR count). The molecule has 0 atom stereocenters. The first-order valence-electron chi connectivity index (χ1n) is 11.3. The van der Waals surface area contributed by atoms with Crippen LogP contribution >= 0.6 is 0 Å². The maximum atomic E-state index is 12.5. The molecule has 1 aromatic heterocycles. The van der Waals surface area contributed by atoms with Crippen LogP contribution in [0.3, 0.4) is 0 Å². The second kappa shape index (κ2) is 10.1. The average Bonchev–Trinajstić information content (AvgIpc) is 3.67. The van der Waals surface area contributed by atoms with Crippen LogP contribution in [0.1, 0.15) is 72.0 Å². The summed E-state index contributed by atoms with van der Waals surface area (Å²) in [6.07, 6.45) is 7.23. The Morgan fingerprint density at radius 3 is 2.66 bits per heavy atom. The summed E-state index contributed by atoms with van der Waals surface area (Å²) in [6, 6.07) is 3.95. The van der Waals surface area contributed by atoms with Gasteiger partial charge in [-0.15, -0.1) is 0 Å². The van der Waals surface area contributed by atoms with Gasteiger partial charge in [-0.05, 0) is 44.7 Å². The van der Waals surface area contributed by atoms with Crippen molar-refractivity contribution in [3.63, 3.8) is 0 Å². The number of carbonyl (C=O) groups is 1. The summed E-state index contributed by atoms with van der Waals surface area (Å²) in [6.45, 7) is 6.22. The lowest BCUT2D eigenvalue weighted by atomic mass is 9.94. The van der Waals surface area contributed by atoms with E-state index in [4.69, 9.17) is 18.9 Å². The molecule has 0 unspecified atom stereocenters. The average molecular weight is 439 g/mol. The van der Waals surface area contributed by atoms with Gasteiger partial charge in [-0.25, -0.2) is 9.78 Å². The van der Waals surface area contributed by atoms with Gasteiger partial charge in [0.05, 0.1) is 50.5 Å². The Morgan fingerprint density at radius 2 is 2.00 bits per heavy atom. The number of benzene rings is 1. The molecule has 7 heteroatoms. The zero-order valence-corrected chi connectivity index (χ0v) is 19.0. The van der Waals surface area contributed by atoms with E-state index in [0.717, 1.165) is 53.2 Å². The molecule has 1 aromatic carbocycles. The van der Waals surface area contributed by atoms with Crippen LogP contribution in [0.2, 0.25) is 0 Å². The normalized spacial score (nSPS) is 15.8. The number of esters is 1. The summed E-state index contributed by atoms with van der Waals surface area (Å²) < 4.78 is 22.6. The molecule has 0 spiro atoms. The minimum Gasteiger partial charge on any atom is -0.493 e. The van der Waals surface area contributed by atoms with Gasteiger partial charge < -0.3 is 18.9 Å². The molecule has 0 bridgehead atoms. The van der Waals surface area contributed by atoms with Gasteiger partial charge in [0.25, 0.3) is 0 Å². The Labute approximate surface area is 188 Å². The largest absolute Gasteiger partial charge is 0.493 e. The van der Waals surface area contributed by atoms with Gasteiger partial charge in [-0.2, -0.15) is 0 Å². The first-order valence-corrected chi connectivity index (χ1v) is 11.3. The number of methoxy groups -OCH3 is 1. The van der Waals surface area contributed by atoms with Gasteiger partial charge in [0.1, 0.15) is 11.5 Å². The highest BCUT2D eigenvalue weighted by atomic mass is 16.5. The highest BCUT2D eigenvalue weighted by Gasteiger charge is 2.28. The fourth-order valence-corrected chi connectivity index (χ4v) is 3.96. The molecule has 1 aliphatic heterocycles. The van der Waals surface area contributed by atoms with E-state index in [1.807, 2.05) is 26.0 Å². The Morgan fingerprint density at radius 1 is 1.19 bits per heavy atom. The quantitative estimate of drug-likeness (QED) is 0.539. The molecular weight excluding hydrogens is 408 g/mol. The van der Waals surface area contributed by atoms with E-state index in [1.54, 1.807) is 6.20 Å². The van der Waals surface area contributed by atoms with Crippen LogP contribution in [0, 0.1) is 0 Å². The lowest BCUT2D eigenvalue weighted by Crippen LogP contribution is -2.14. The molecule has 32 heavy (non-hydrogen) atoms. The summed E-state index contributed by atoms with van der Waals surface area (Å²) in [5.74, 6) is 1.48.